The second-order valence-electron chi connectivity index (χ2n) is 4.05. The fourth-order valence-electron chi connectivity index (χ4n) is 1.70. The van der Waals surface area contributed by atoms with E-state index < -0.39 is 4.92 Å². The number of nitro benzene ring substituents is 1. The molecular weight excluding hydrogens is 288 g/mol. The van der Waals surface area contributed by atoms with Gasteiger partial charge in [0, 0.05) is 6.07 Å². The van der Waals surface area contributed by atoms with Gasteiger partial charge >= 0.3 is 0 Å². The fraction of sp³-hybridized carbons (Fsp3) is 0. The quantitative estimate of drug-likeness (QED) is 0.406. The van der Waals surface area contributed by atoms with Gasteiger partial charge in [-0.3, -0.25) is 10.1 Å². The molecule has 0 spiro atoms. The van der Waals surface area contributed by atoms with E-state index >= 15 is 0 Å². The normalized spacial score (nSPS) is 10.5. The van der Waals surface area contributed by atoms with E-state index in [4.69, 9.17) is 18.0 Å². The summed E-state index contributed by atoms with van der Waals surface area (Å²) in [5, 5.41) is 16.5. The van der Waals surface area contributed by atoms with Crippen LogP contribution in [0.15, 0.2) is 59.7 Å². The lowest BCUT2D eigenvalue weighted by Gasteiger charge is -2.16. The Balaban J connectivity index is 2.34. The van der Waals surface area contributed by atoms with Crippen LogP contribution in [0, 0.1) is 10.1 Å². The van der Waals surface area contributed by atoms with Gasteiger partial charge in [-0.05, 0) is 30.4 Å². The molecule has 2 N–H and O–H groups in total. The van der Waals surface area contributed by atoms with Crippen LogP contribution in [0.3, 0.4) is 0 Å². The Morgan fingerprint density at radius 3 is 2.43 bits per heavy atom. The second-order valence-corrected chi connectivity index (χ2v) is 4.46. The number of hydrazone groups is 1. The predicted molar refractivity (Wildman–Crippen MR) is 86.4 cm³/mol. The molecule has 2 rings (SSSR count). The monoisotopic (exact) mass is 300 g/mol. The van der Waals surface area contributed by atoms with Crippen molar-refractivity contribution in [2.24, 2.45) is 10.8 Å². The first-order valence-corrected chi connectivity index (χ1v) is 6.42. The molecule has 0 aliphatic carbocycles. The summed E-state index contributed by atoms with van der Waals surface area (Å²) in [6.45, 7) is 0. The zero-order valence-electron chi connectivity index (χ0n) is 10.9. The second kappa shape index (κ2) is 6.58. The van der Waals surface area contributed by atoms with Crippen LogP contribution in [-0.2, 0) is 0 Å². The van der Waals surface area contributed by atoms with E-state index in [0.29, 0.717) is 11.3 Å². The summed E-state index contributed by atoms with van der Waals surface area (Å²) in [5.41, 5.74) is 6.67. The first kappa shape index (κ1) is 14.6. The molecule has 6 nitrogen and oxygen atoms in total. The van der Waals surface area contributed by atoms with Crippen molar-refractivity contribution >= 4 is 34.9 Å². The van der Waals surface area contributed by atoms with Gasteiger partial charge in [0.2, 0.25) is 0 Å². The van der Waals surface area contributed by atoms with Crippen LogP contribution in [-0.4, -0.2) is 16.3 Å². The van der Waals surface area contributed by atoms with E-state index in [2.05, 4.69) is 5.10 Å². The molecule has 0 aliphatic heterocycles. The predicted octanol–water partition coefficient (Wildman–Crippen LogP) is 2.68. The lowest BCUT2D eigenvalue weighted by molar-refractivity contribution is -0.385. The van der Waals surface area contributed by atoms with Crippen molar-refractivity contribution in [2.75, 3.05) is 5.01 Å². The number of anilines is 1. The van der Waals surface area contributed by atoms with Crippen molar-refractivity contribution in [1.29, 1.82) is 0 Å². The highest BCUT2D eigenvalue weighted by atomic mass is 32.1. The number of hydrogen-bond acceptors (Lipinski definition) is 4. The van der Waals surface area contributed by atoms with Crippen LogP contribution in [0.2, 0.25) is 0 Å². The highest BCUT2D eigenvalue weighted by Crippen LogP contribution is 2.17. The smallest absolute Gasteiger partial charge is 0.278 e. The number of nitro groups is 1. The topological polar surface area (TPSA) is 84.8 Å². The minimum Gasteiger partial charge on any atom is -0.374 e. The number of para-hydroxylation sites is 2. The summed E-state index contributed by atoms with van der Waals surface area (Å²) in [6, 6.07) is 15.4. The van der Waals surface area contributed by atoms with Crippen LogP contribution < -0.4 is 10.7 Å². The molecule has 2 aromatic rings. The van der Waals surface area contributed by atoms with Crippen molar-refractivity contribution in [3.05, 3.63) is 70.3 Å². The molecule has 0 radical (unpaired) electrons. The number of nitrogens with two attached hydrogens (primary N) is 1. The average Bonchev–Trinajstić information content (AvgIpc) is 2.48. The van der Waals surface area contributed by atoms with Gasteiger partial charge in [0.05, 0.1) is 22.4 Å². The van der Waals surface area contributed by atoms with Gasteiger partial charge in [-0.1, -0.05) is 30.3 Å². The summed E-state index contributed by atoms with van der Waals surface area (Å²) in [4.78, 5) is 10.5. The molecule has 0 heterocycles. The van der Waals surface area contributed by atoms with Gasteiger partial charge in [0.1, 0.15) is 0 Å². The number of benzene rings is 2. The molecule has 106 valence electrons. The SMILES string of the molecule is NC(=S)N(/N=C/c1ccccc1[N+](=O)[O-])c1ccccc1. The van der Waals surface area contributed by atoms with Crippen molar-refractivity contribution in [2.45, 2.75) is 0 Å². The third-order valence-corrected chi connectivity index (χ3v) is 2.83. The molecule has 0 saturated carbocycles. The number of thiocarbonyl (C=S) groups is 1. The lowest BCUT2D eigenvalue weighted by atomic mass is 10.2. The van der Waals surface area contributed by atoms with Crippen LogP contribution in [0.5, 0.6) is 0 Å². The zero-order valence-corrected chi connectivity index (χ0v) is 11.7. The van der Waals surface area contributed by atoms with E-state index in [1.54, 1.807) is 30.3 Å². The Labute approximate surface area is 126 Å². The molecule has 2 aromatic carbocycles. The van der Waals surface area contributed by atoms with Crippen molar-refractivity contribution < 1.29 is 4.92 Å². The van der Waals surface area contributed by atoms with E-state index in [0.717, 1.165) is 0 Å². The Morgan fingerprint density at radius 1 is 1.19 bits per heavy atom. The third kappa shape index (κ3) is 3.61. The minimum absolute atomic E-state index is 0.0304. The summed E-state index contributed by atoms with van der Waals surface area (Å²) in [5.74, 6) is 0. The van der Waals surface area contributed by atoms with E-state index in [1.165, 1.54) is 17.3 Å². The van der Waals surface area contributed by atoms with Gasteiger partial charge in [-0.15, -0.1) is 0 Å². The van der Waals surface area contributed by atoms with Gasteiger partial charge in [-0.25, -0.2) is 5.01 Å². The Bertz CT molecular complexity index is 688. The van der Waals surface area contributed by atoms with Crippen LogP contribution in [0.25, 0.3) is 0 Å². The Kier molecular flexibility index (Phi) is 4.57. The Morgan fingerprint density at radius 2 is 1.81 bits per heavy atom. The highest BCUT2D eigenvalue weighted by Gasteiger charge is 2.12. The summed E-state index contributed by atoms with van der Waals surface area (Å²) in [7, 11) is 0. The molecule has 0 aliphatic rings. The lowest BCUT2D eigenvalue weighted by Crippen LogP contribution is -2.30. The largest absolute Gasteiger partial charge is 0.374 e. The van der Waals surface area contributed by atoms with E-state index in [9.17, 15) is 10.1 Å². The molecule has 0 atom stereocenters. The van der Waals surface area contributed by atoms with E-state index in [1.807, 2.05) is 18.2 Å². The summed E-state index contributed by atoms with van der Waals surface area (Å²) in [6.07, 6.45) is 1.37. The maximum absolute atomic E-state index is 11.0. The first-order valence-electron chi connectivity index (χ1n) is 6.01. The molecule has 7 heteroatoms. The molecule has 0 amide bonds. The van der Waals surface area contributed by atoms with Gasteiger partial charge < -0.3 is 5.73 Å². The highest BCUT2D eigenvalue weighted by molar-refractivity contribution is 7.80. The summed E-state index contributed by atoms with van der Waals surface area (Å²) >= 11 is 4.95. The summed E-state index contributed by atoms with van der Waals surface area (Å²) < 4.78 is 0. The minimum atomic E-state index is -0.463. The van der Waals surface area contributed by atoms with Crippen molar-refractivity contribution in [3.8, 4) is 0 Å². The average molecular weight is 300 g/mol. The van der Waals surface area contributed by atoms with Crippen molar-refractivity contribution in [3.63, 3.8) is 0 Å². The number of rotatable bonds is 4. The van der Waals surface area contributed by atoms with Crippen LogP contribution in [0.4, 0.5) is 11.4 Å². The molecule has 0 unspecified atom stereocenters. The third-order valence-electron chi connectivity index (χ3n) is 2.66. The van der Waals surface area contributed by atoms with E-state index in [-0.39, 0.29) is 10.8 Å². The molecule has 0 saturated heterocycles. The molecule has 21 heavy (non-hydrogen) atoms. The zero-order chi connectivity index (χ0) is 15.2. The van der Waals surface area contributed by atoms with Crippen LogP contribution >= 0.6 is 12.2 Å². The fourth-order valence-corrected chi connectivity index (χ4v) is 1.86. The molecule has 0 aromatic heterocycles. The maximum Gasteiger partial charge on any atom is 0.278 e. The molecule has 0 fully saturated rings. The van der Waals surface area contributed by atoms with Gasteiger partial charge in [-0.2, -0.15) is 5.10 Å². The van der Waals surface area contributed by atoms with Gasteiger partial charge in [0.25, 0.3) is 5.69 Å². The van der Waals surface area contributed by atoms with Crippen molar-refractivity contribution in [1.82, 2.24) is 0 Å². The van der Waals surface area contributed by atoms with Crippen LogP contribution in [0.1, 0.15) is 5.56 Å². The number of hydrogen-bond donors (Lipinski definition) is 1. The van der Waals surface area contributed by atoms with Gasteiger partial charge in [0.15, 0.2) is 5.11 Å². The molecule has 0 bridgehead atoms. The molecular formula is C14H12N4O2S. The standard InChI is InChI=1S/C14H12N4O2S/c15-14(21)17(12-7-2-1-3-8-12)16-10-11-6-4-5-9-13(11)18(19)20/h1-10H,(H2,15,21)/b16-10+. The maximum atomic E-state index is 11.0. The number of nitrogens with zero attached hydrogens (tertiary/aromatic N) is 3. The first-order chi connectivity index (χ1) is 10.1. The Hall–Kier alpha value is -2.80.